The van der Waals surface area contributed by atoms with Crippen molar-refractivity contribution in [2.45, 2.75) is 19.6 Å². The average Bonchev–Trinajstić information content (AvgIpc) is 2.30. The van der Waals surface area contributed by atoms with Crippen LogP contribution in [0, 0.1) is 5.92 Å². The molecule has 0 heterocycles. The summed E-state index contributed by atoms with van der Waals surface area (Å²) in [5.41, 5.74) is 1.07. The monoisotopic (exact) mass is 305 g/mol. The van der Waals surface area contributed by atoms with E-state index in [0.717, 1.165) is 17.1 Å². The van der Waals surface area contributed by atoms with Gasteiger partial charge in [-0.3, -0.25) is 4.79 Å². The summed E-state index contributed by atoms with van der Waals surface area (Å²) in [4.78, 5) is 11.3. The molecule has 0 aromatic heterocycles. The van der Waals surface area contributed by atoms with Crippen LogP contribution in [-0.4, -0.2) is 18.2 Å². The van der Waals surface area contributed by atoms with Crippen molar-refractivity contribution in [1.29, 1.82) is 0 Å². The van der Waals surface area contributed by atoms with Gasteiger partial charge in [0.25, 0.3) is 0 Å². The molecule has 0 atom stereocenters. The van der Waals surface area contributed by atoms with Crippen molar-refractivity contribution >= 4 is 40.9 Å². The molecule has 0 bridgehead atoms. The van der Waals surface area contributed by atoms with Crippen LogP contribution in [0.4, 0.5) is 0 Å². The first-order valence-electron chi connectivity index (χ1n) is 5.80. The Morgan fingerprint density at radius 3 is 2.72 bits per heavy atom. The van der Waals surface area contributed by atoms with E-state index in [9.17, 15) is 4.79 Å². The number of rotatable bonds is 6. The van der Waals surface area contributed by atoms with Gasteiger partial charge in [-0.05, 0) is 17.7 Å². The van der Waals surface area contributed by atoms with Gasteiger partial charge in [-0.2, -0.15) is 11.8 Å². The predicted molar refractivity (Wildman–Crippen MR) is 80.5 cm³/mol. The number of hydrogen-bond donors (Lipinski definition) is 1. The summed E-state index contributed by atoms with van der Waals surface area (Å²) in [6, 6.07) is 5.52. The van der Waals surface area contributed by atoms with Gasteiger partial charge in [0.1, 0.15) is 0 Å². The standard InChI is InChI=1S/C13H17Cl2NOS/c1-9(2)13(17)16-5-6-18-8-10-3-4-11(14)7-12(10)15/h3-4,7,9H,5-6,8H2,1-2H3,(H,16,17). The highest BCUT2D eigenvalue weighted by Crippen LogP contribution is 2.24. The molecule has 2 nitrogen and oxygen atoms in total. The lowest BCUT2D eigenvalue weighted by Gasteiger charge is -2.08. The topological polar surface area (TPSA) is 29.1 Å². The number of hydrogen-bond acceptors (Lipinski definition) is 2. The number of carbonyl (C=O) groups is 1. The minimum Gasteiger partial charge on any atom is -0.355 e. The maximum atomic E-state index is 11.3. The predicted octanol–water partition coefficient (Wildman–Crippen LogP) is 4.00. The van der Waals surface area contributed by atoms with Crippen LogP contribution in [0.2, 0.25) is 10.0 Å². The van der Waals surface area contributed by atoms with Gasteiger partial charge in [-0.25, -0.2) is 0 Å². The van der Waals surface area contributed by atoms with E-state index in [-0.39, 0.29) is 11.8 Å². The Labute approximate surface area is 122 Å². The first-order valence-corrected chi connectivity index (χ1v) is 7.71. The Morgan fingerprint density at radius 1 is 1.39 bits per heavy atom. The molecule has 1 amide bonds. The summed E-state index contributed by atoms with van der Waals surface area (Å²) in [7, 11) is 0. The van der Waals surface area contributed by atoms with Gasteiger partial charge < -0.3 is 5.32 Å². The van der Waals surface area contributed by atoms with Crippen LogP contribution in [0.15, 0.2) is 18.2 Å². The zero-order valence-electron chi connectivity index (χ0n) is 10.5. The maximum Gasteiger partial charge on any atom is 0.222 e. The van der Waals surface area contributed by atoms with E-state index >= 15 is 0 Å². The molecule has 0 aliphatic carbocycles. The van der Waals surface area contributed by atoms with Gasteiger partial charge in [0.05, 0.1) is 0 Å². The van der Waals surface area contributed by atoms with Crippen molar-refractivity contribution in [1.82, 2.24) is 5.32 Å². The van der Waals surface area contributed by atoms with E-state index in [1.165, 1.54) is 0 Å². The molecule has 1 N–H and O–H groups in total. The summed E-state index contributed by atoms with van der Waals surface area (Å²) < 4.78 is 0. The lowest BCUT2D eigenvalue weighted by molar-refractivity contribution is -0.123. The van der Waals surface area contributed by atoms with Crippen molar-refractivity contribution in [2.24, 2.45) is 5.92 Å². The molecule has 5 heteroatoms. The smallest absolute Gasteiger partial charge is 0.222 e. The van der Waals surface area contributed by atoms with Crippen LogP contribution in [-0.2, 0) is 10.5 Å². The zero-order valence-corrected chi connectivity index (χ0v) is 12.8. The minimum atomic E-state index is 0.0423. The molecule has 0 radical (unpaired) electrons. The molecule has 100 valence electrons. The van der Waals surface area contributed by atoms with Crippen molar-refractivity contribution in [3.63, 3.8) is 0 Å². The van der Waals surface area contributed by atoms with Crippen LogP contribution < -0.4 is 5.32 Å². The van der Waals surface area contributed by atoms with Crippen LogP contribution in [0.5, 0.6) is 0 Å². The number of amides is 1. The molecule has 0 saturated carbocycles. The molecular formula is C13H17Cl2NOS. The zero-order chi connectivity index (χ0) is 13.5. The number of halogens is 2. The maximum absolute atomic E-state index is 11.3. The summed E-state index contributed by atoms with van der Waals surface area (Å²) in [6.45, 7) is 4.46. The molecule has 0 unspecified atom stereocenters. The Balaban J connectivity index is 2.24. The van der Waals surface area contributed by atoms with Gasteiger partial charge in [-0.1, -0.05) is 43.1 Å². The molecule has 1 rings (SSSR count). The molecule has 0 saturated heterocycles. The highest BCUT2D eigenvalue weighted by Gasteiger charge is 2.05. The lowest BCUT2D eigenvalue weighted by Crippen LogP contribution is -2.29. The highest BCUT2D eigenvalue weighted by molar-refractivity contribution is 7.98. The van der Waals surface area contributed by atoms with E-state index in [1.807, 2.05) is 26.0 Å². The van der Waals surface area contributed by atoms with E-state index in [2.05, 4.69) is 5.32 Å². The second-order valence-electron chi connectivity index (χ2n) is 4.23. The van der Waals surface area contributed by atoms with E-state index in [0.29, 0.717) is 16.6 Å². The average molecular weight is 306 g/mol. The van der Waals surface area contributed by atoms with Crippen LogP contribution in [0.1, 0.15) is 19.4 Å². The van der Waals surface area contributed by atoms with Crippen LogP contribution >= 0.6 is 35.0 Å². The van der Waals surface area contributed by atoms with Crippen molar-refractivity contribution < 1.29 is 4.79 Å². The molecule has 0 aliphatic heterocycles. The van der Waals surface area contributed by atoms with E-state index < -0.39 is 0 Å². The Bertz CT molecular complexity index is 410. The highest BCUT2D eigenvalue weighted by atomic mass is 35.5. The van der Waals surface area contributed by atoms with Gasteiger partial charge in [0.15, 0.2) is 0 Å². The first kappa shape index (κ1) is 15.7. The third-order valence-corrected chi connectivity index (χ3v) is 3.94. The fourth-order valence-electron chi connectivity index (χ4n) is 1.27. The Kier molecular flexibility index (Phi) is 6.90. The van der Waals surface area contributed by atoms with Gasteiger partial charge in [0.2, 0.25) is 5.91 Å². The second-order valence-corrected chi connectivity index (χ2v) is 6.18. The number of carbonyl (C=O) groups excluding carboxylic acids is 1. The fourth-order valence-corrected chi connectivity index (χ4v) is 2.69. The second kappa shape index (κ2) is 7.93. The summed E-state index contributed by atoms with van der Waals surface area (Å²) in [5.74, 6) is 1.84. The van der Waals surface area contributed by atoms with Crippen molar-refractivity contribution in [2.75, 3.05) is 12.3 Å². The van der Waals surface area contributed by atoms with Gasteiger partial charge >= 0.3 is 0 Å². The molecule has 1 aromatic carbocycles. The molecular weight excluding hydrogens is 289 g/mol. The Hall–Kier alpha value is -0.380. The fraction of sp³-hybridized carbons (Fsp3) is 0.462. The van der Waals surface area contributed by atoms with Crippen molar-refractivity contribution in [3.05, 3.63) is 33.8 Å². The molecule has 18 heavy (non-hydrogen) atoms. The lowest BCUT2D eigenvalue weighted by atomic mass is 10.2. The number of nitrogens with one attached hydrogen (secondary N) is 1. The molecule has 1 aromatic rings. The van der Waals surface area contributed by atoms with Gasteiger partial charge in [-0.15, -0.1) is 0 Å². The summed E-state index contributed by atoms with van der Waals surface area (Å²) in [6.07, 6.45) is 0. The van der Waals surface area contributed by atoms with E-state index in [4.69, 9.17) is 23.2 Å². The van der Waals surface area contributed by atoms with Crippen LogP contribution in [0.25, 0.3) is 0 Å². The SMILES string of the molecule is CC(C)C(=O)NCCSCc1ccc(Cl)cc1Cl. The third-order valence-electron chi connectivity index (χ3n) is 2.34. The number of thioether (sulfide) groups is 1. The summed E-state index contributed by atoms with van der Waals surface area (Å²) >= 11 is 13.6. The molecule has 0 fully saturated rings. The molecule has 0 aliphatic rings. The molecule has 0 spiro atoms. The Morgan fingerprint density at radius 2 is 2.11 bits per heavy atom. The quantitative estimate of drug-likeness (QED) is 0.805. The first-order chi connectivity index (χ1) is 8.50. The van der Waals surface area contributed by atoms with Crippen LogP contribution in [0.3, 0.4) is 0 Å². The van der Waals surface area contributed by atoms with Gasteiger partial charge in [0, 0.05) is 34.0 Å². The normalized spacial score (nSPS) is 10.7. The van der Waals surface area contributed by atoms with Crippen molar-refractivity contribution in [3.8, 4) is 0 Å². The third kappa shape index (κ3) is 5.51. The minimum absolute atomic E-state index is 0.0423. The largest absolute Gasteiger partial charge is 0.355 e. The summed E-state index contributed by atoms with van der Waals surface area (Å²) in [5, 5.41) is 4.22. The number of benzene rings is 1. The van der Waals surface area contributed by atoms with E-state index in [1.54, 1.807) is 17.8 Å².